The lowest BCUT2D eigenvalue weighted by Gasteiger charge is -2.28. The first-order valence-electron chi connectivity index (χ1n) is 7.54. The average molecular weight is 282 g/mol. The highest BCUT2D eigenvalue weighted by molar-refractivity contribution is 5.32. The lowest BCUT2D eigenvalue weighted by Crippen LogP contribution is -2.30. The van der Waals surface area contributed by atoms with Crippen LogP contribution in [0.4, 0.5) is 0 Å². The van der Waals surface area contributed by atoms with E-state index < -0.39 is 0 Å². The molecular formula is C19H26N2. The molecule has 0 amide bonds. The van der Waals surface area contributed by atoms with Crippen molar-refractivity contribution in [3.8, 4) is 0 Å². The summed E-state index contributed by atoms with van der Waals surface area (Å²) in [5, 5.41) is 0. The molecule has 2 heteroatoms. The van der Waals surface area contributed by atoms with Crippen LogP contribution in [0.25, 0.3) is 0 Å². The maximum Gasteiger partial charge on any atom is 0.0471 e. The fraction of sp³-hybridized carbons (Fsp3) is 0.368. The van der Waals surface area contributed by atoms with Crippen LogP contribution in [-0.4, -0.2) is 18.5 Å². The quantitative estimate of drug-likeness (QED) is 0.905. The van der Waals surface area contributed by atoms with Crippen LogP contribution in [-0.2, 0) is 6.54 Å². The van der Waals surface area contributed by atoms with Gasteiger partial charge in [-0.1, -0.05) is 48.0 Å². The molecule has 2 rings (SSSR count). The van der Waals surface area contributed by atoms with E-state index in [1.54, 1.807) is 0 Å². The SMILES string of the molecule is Cc1cccc(CN(C)C(CN)c2ccc(C)c(C)c2)c1. The Hall–Kier alpha value is -1.64. The molecule has 2 nitrogen and oxygen atoms in total. The van der Waals surface area contributed by atoms with E-state index in [0.29, 0.717) is 6.54 Å². The minimum absolute atomic E-state index is 0.254. The Labute approximate surface area is 128 Å². The van der Waals surface area contributed by atoms with Crippen molar-refractivity contribution in [1.29, 1.82) is 0 Å². The molecule has 0 aliphatic rings. The first-order chi connectivity index (χ1) is 10.0. The molecule has 112 valence electrons. The van der Waals surface area contributed by atoms with E-state index in [2.05, 4.69) is 75.2 Å². The number of rotatable bonds is 5. The number of hydrogen-bond donors (Lipinski definition) is 1. The van der Waals surface area contributed by atoms with Gasteiger partial charge in [0.15, 0.2) is 0 Å². The van der Waals surface area contributed by atoms with Gasteiger partial charge in [0.25, 0.3) is 0 Å². The summed E-state index contributed by atoms with van der Waals surface area (Å²) >= 11 is 0. The van der Waals surface area contributed by atoms with Crippen molar-refractivity contribution < 1.29 is 0 Å². The van der Waals surface area contributed by atoms with Gasteiger partial charge in [-0.2, -0.15) is 0 Å². The molecule has 2 N–H and O–H groups in total. The number of likely N-dealkylation sites (N-methyl/N-ethyl adjacent to an activating group) is 1. The number of nitrogens with two attached hydrogens (primary N) is 1. The van der Waals surface area contributed by atoms with Gasteiger partial charge < -0.3 is 5.73 Å². The van der Waals surface area contributed by atoms with Gasteiger partial charge in [0.05, 0.1) is 0 Å². The van der Waals surface area contributed by atoms with Gasteiger partial charge in [0, 0.05) is 19.1 Å². The molecule has 0 saturated heterocycles. The average Bonchev–Trinajstić information content (AvgIpc) is 2.43. The zero-order chi connectivity index (χ0) is 15.4. The Bertz CT molecular complexity index is 604. The number of nitrogens with zero attached hydrogens (tertiary/aromatic N) is 1. The molecule has 0 spiro atoms. The van der Waals surface area contributed by atoms with Crippen molar-refractivity contribution in [3.63, 3.8) is 0 Å². The van der Waals surface area contributed by atoms with Gasteiger partial charge in [-0.05, 0) is 50.1 Å². The molecule has 0 heterocycles. The van der Waals surface area contributed by atoms with Crippen LogP contribution in [0.2, 0.25) is 0 Å². The summed E-state index contributed by atoms with van der Waals surface area (Å²) in [6, 6.07) is 15.6. The van der Waals surface area contributed by atoms with Crippen molar-refractivity contribution in [1.82, 2.24) is 4.90 Å². The van der Waals surface area contributed by atoms with Crippen LogP contribution in [0.1, 0.15) is 33.9 Å². The zero-order valence-electron chi connectivity index (χ0n) is 13.6. The fourth-order valence-corrected chi connectivity index (χ4v) is 2.75. The standard InChI is InChI=1S/C19H26N2/c1-14-6-5-7-17(10-14)13-21(4)19(12-20)18-9-8-15(2)16(3)11-18/h5-11,19H,12-13,20H2,1-4H3. The third-order valence-electron chi connectivity index (χ3n) is 4.19. The Morgan fingerprint density at radius 1 is 1.00 bits per heavy atom. The first kappa shape index (κ1) is 15.7. The Kier molecular flexibility index (Phi) is 5.16. The highest BCUT2D eigenvalue weighted by Gasteiger charge is 2.16. The van der Waals surface area contributed by atoms with Crippen LogP contribution >= 0.6 is 0 Å². The molecule has 21 heavy (non-hydrogen) atoms. The van der Waals surface area contributed by atoms with E-state index in [4.69, 9.17) is 5.73 Å². The largest absolute Gasteiger partial charge is 0.329 e. The summed E-state index contributed by atoms with van der Waals surface area (Å²) in [5.74, 6) is 0. The predicted octanol–water partition coefficient (Wildman–Crippen LogP) is 3.74. The van der Waals surface area contributed by atoms with Gasteiger partial charge in [-0.15, -0.1) is 0 Å². The Morgan fingerprint density at radius 2 is 1.76 bits per heavy atom. The van der Waals surface area contributed by atoms with Crippen molar-refractivity contribution in [2.24, 2.45) is 5.73 Å². The second-order valence-corrected chi connectivity index (χ2v) is 6.00. The molecule has 2 aromatic carbocycles. The smallest absolute Gasteiger partial charge is 0.0471 e. The second-order valence-electron chi connectivity index (χ2n) is 6.00. The van der Waals surface area contributed by atoms with Gasteiger partial charge in [0.1, 0.15) is 0 Å². The van der Waals surface area contributed by atoms with E-state index in [-0.39, 0.29) is 6.04 Å². The van der Waals surface area contributed by atoms with Crippen LogP contribution in [0.15, 0.2) is 42.5 Å². The molecule has 1 unspecified atom stereocenters. The number of aryl methyl sites for hydroxylation is 3. The van der Waals surface area contributed by atoms with Crippen LogP contribution in [0, 0.1) is 20.8 Å². The third kappa shape index (κ3) is 3.93. The minimum atomic E-state index is 0.254. The first-order valence-corrected chi connectivity index (χ1v) is 7.54. The van der Waals surface area contributed by atoms with Crippen LogP contribution in [0.5, 0.6) is 0 Å². The van der Waals surface area contributed by atoms with Crippen molar-refractivity contribution in [2.45, 2.75) is 33.4 Å². The van der Waals surface area contributed by atoms with E-state index in [1.807, 2.05) is 0 Å². The maximum atomic E-state index is 6.04. The van der Waals surface area contributed by atoms with Crippen LogP contribution in [0.3, 0.4) is 0 Å². The zero-order valence-corrected chi connectivity index (χ0v) is 13.6. The summed E-state index contributed by atoms with van der Waals surface area (Å²) in [6.45, 7) is 7.98. The molecule has 0 aromatic heterocycles. The van der Waals surface area contributed by atoms with Crippen molar-refractivity contribution in [2.75, 3.05) is 13.6 Å². The summed E-state index contributed by atoms with van der Waals surface area (Å²) in [6.07, 6.45) is 0. The molecule has 2 aromatic rings. The van der Waals surface area contributed by atoms with Crippen LogP contribution < -0.4 is 5.73 Å². The molecule has 1 atom stereocenters. The maximum absolute atomic E-state index is 6.04. The molecule has 0 bridgehead atoms. The minimum Gasteiger partial charge on any atom is -0.329 e. The second kappa shape index (κ2) is 6.88. The van der Waals surface area contributed by atoms with Crippen molar-refractivity contribution >= 4 is 0 Å². The Morgan fingerprint density at radius 3 is 2.38 bits per heavy atom. The third-order valence-corrected chi connectivity index (χ3v) is 4.19. The molecule has 0 fully saturated rings. The van der Waals surface area contributed by atoms with Gasteiger partial charge >= 0.3 is 0 Å². The Balaban J connectivity index is 2.18. The fourth-order valence-electron chi connectivity index (χ4n) is 2.75. The highest BCUT2D eigenvalue weighted by atomic mass is 15.1. The topological polar surface area (TPSA) is 29.3 Å². The molecule has 0 aliphatic carbocycles. The molecule has 0 radical (unpaired) electrons. The van der Waals surface area contributed by atoms with E-state index in [9.17, 15) is 0 Å². The van der Waals surface area contributed by atoms with Gasteiger partial charge in [-0.25, -0.2) is 0 Å². The lowest BCUT2D eigenvalue weighted by molar-refractivity contribution is 0.241. The number of benzene rings is 2. The highest BCUT2D eigenvalue weighted by Crippen LogP contribution is 2.22. The summed E-state index contributed by atoms with van der Waals surface area (Å²) in [4.78, 5) is 2.33. The summed E-state index contributed by atoms with van der Waals surface area (Å²) < 4.78 is 0. The lowest BCUT2D eigenvalue weighted by atomic mass is 9.99. The summed E-state index contributed by atoms with van der Waals surface area (Å²) in [5.41, 5.74) is 12.6. The molecule has 0 saturated carbocycles. The predicted molar refractivity (Wildman–Crippen MR) is 90.4 cm³/mol. The van der Waals surface area contributed by atoms with E-state index in [1.165, 1.54) is 27.8 Å². The van der Waals surface area contributed by atoms with Gasteiger partial charge in [-0.3, -0.25) is 4.90 Å². The summed E-state index contributed by atoms with van der Waals surface area (Å²) in [7, 11) is 2.15. The van der Waals surface area contributed by atoms with E-state index >= 15 is 0 Å². The molecular weight excluding hydrogens is 256 g/mol. The number of hydrogen-bond acceptors (Lipinski definition) is 2. The molecule has 0 aliphatic heterocycles. The van der Waals surface area contributed by atoms with E-state index in [0.717, 1.165) is 6.54 Å². The van der Waals surface area contributed by atoms with Crippen molar-refractivity contribution in [3.05, 3.63) is 70.3 Å². The monoisotopic (exact) mass is 282 g/mol. The van der Waals surface area contributed by atoms with Gasteiger partial charge in [0.2, 0.25) is 0 Å². The normalized spacial score (nSPS) is 12.7.